The molecule has 1 saturated heterocycles. The molecule has 0 unspecified atom stereocenters. The van der Waals surface area contributed by atoms with E-state index in [1.165, 1.54) is 16.7 Å². The van der Waals surface area contributed by atoms with Gasteiger partial charge in [0.05, 0.1) is 6.61 Å². The van der Waals surface area contributed by atoms with Gasteiger partial charge in [0.1, 0.15) is 11.0 Å². The van der Waals surface area contributed by atoms with Crippen LogP contribution in [0.3, 0.4) is 0 Å². The molecule has 0 aliphatic carbocycles. The Hall–Kier alpha value is -2.02. The number of hydrogen-bond donors (Lipinski definition) is 1. The number of amides is 2. The SMILES string of the molecule is CCOc1ccc(NC(=O)[C@H]2CC(=O)N(C)C(=NC)S2)cc1. The van der Waals surface area contributed by atoms with E-state index in [0.29, 0.717) is 17.5 Å². The summed E-state index contributed by atoms with van der Waals surface area (Å²) in [6.45, 7) is 2.51. The highest BCUT2D eigenvalue weighted by atomic mass is 32.2. The first-order valence-corrected chi connectivity index (χ1v) is 7.86. The van der Waals surface area contributed by atoms with Crippen molar-refractivity contribution in [2.24, 2.45) is 4.99 Å². The fourth-order valence-electron chi connectivity index (χ4n) is 2.02. The summed E-state index contributed by atoms with van der Waals surface area (Å²) in [7, 11) is 3.27. The van der Waals surface area contributed by atoms with Crippen molar-refractivity contribution in [3.63, 3.8) is 0 Å². The van der Waals surface area contributed by atoms with Gasteiger partial charge in [-0.3, -0.25) is 19.5 Å². The monoisotopic (exact) mass is 321 g/mol. The lowest BCUT2D eigenvalue weighted by atomic mass is 10.2. The summed E-state index contributed by atoms with van der Waals surface area (Å²) in [6, 6.07) is 7.15. The quantitative estimate of drug-likeness (QED) is 0.920. The van der Waals surface area contributed by atoms with Crippen LogP contribution < -0.4 is 10.1 Å². The lowest BCUT2D eigenvalue weighted by Crippen LogP contribution is -2.43. The first-order chi connectivity index (χ1) is 10.5. The van der Waals surface area contributed by atoms with E-state index in [1.54, 1.807) is 38.4 Å². The van der Waals surface area contributed by atoms with Gasteiger partial charge in [-0.05, 0) is 31.2 Å². The Morgan fingerprint density at radius 3 is 2.73 bits per heavy atom. The van der Waals surface area contributed by atoms with Crippen molar-refractivity contribution in [2.75, 3.05) is 26.0 Å². The molecule has 1 fully saturated rings. The molecule has 6 nitrogen and oxygen atoms in total. The summed E-state index contributed by atoms with van der Waals surface area (Å²) in [5.41, 5.74) is 0.676. The molecule has 0 radical (unpaired) electrons. The second-order valence-corrected chi connectivity index (χ2v) is 5.89. The van der Waals surface area contributed by atoms with Crippen molar-refractivity contribution in [3.05, 3.63) is 24.3 Å². The second-order valence-electron chi connectivity index (χ2n) is 4.72. The van der Waals surface area contributed by atoms with E-state index < -0.39 is 5.25 Å². The summed E-state index contributed by atoms with van der Waals surface area (Å²) in [5, 5.41) is 2.91. The van der Waals surface area contributed by atoms with Gasteiger partial charge in [-0.15, -0.1) is 0 Å². The van der Waals surface area contributed by atoms with Crippen LogP contribution in [-0.4, -0.2) is 47.8 Å². The van der Waals surface area contributed by atoms with Crippen LogP contribution in [0.15, 0.2) is 29.3 Å². The van der Waals surface area contributed by atoms with Gasteiger partial charge in [-0.25, -0.2) is 0 Å². The molecule has 1 N–H and O–H groups in total. The number of amidine groups is 1. The Labute approximate surface area is 133 Å². The van der Waals surface area contributed by atoms with E-state index >= 15 is 0 Å². The van der Waals surface area contributed by atoms with E-state index in [4.69, 9.17) is 4.74 Å². The van der Waals surface area contributed by atoms with Crippen LogP contribution in [0.2, 0.25) is 0 Å². The van der Waals surface area contributed by atoms with Gasteiger partial charge in [0.25, 0.3) is 0 Å². The third-order valence-electron chi connectivity index (χ3n) is 3.19. The van der Waals surface area contributed by atoms with Crippen LogP contribution >= 0.6 is 11.8 Å². The van der Waals surface area contributed by atoms with E-state index in [0.717, 1.165) is 5.75 Å². The number of ether oxygens (including phenoxy) is 1. The highest BCUT2D eigenvalue weighted by Crippen LogP contribution is 2.26. The number of nitrogens with one attached hydrogen (secondary N) is 1. The number of aliphatic imine (C=N–C) groups is 1. The van der Waals surface area contributed by atoms with Crippen LogP contribution in [0.1, 0.15) is 13.3 Å². The molecule has 1 aromatic rings. The van der Waals surface area contributed by atoms with E-state index in [1.807, 2.05) is 6.92 Å². The summed E-state index contributed by atoms with van der Waals surface area (Å²) >= 11 is 1.30. The molecule has 1 aliphatic rings. The minimum atomic E-state index is -0.464. The fraction of sp³-hybridized carbons (Fsp3) is 0.400. The van der Waals surface area contributed by atoms with Crippen molar-refractivity contribution < 1.29 is 14.3 Å². The van der Waals surface area contributed by atoms with Gasteiger partial charge in [0.2, 0.25) is 11.8 Å². The normalized spacial score (nSPS) is 20.1. The first kappa shape index (κ1) is 16.4. The predicted molar refractivity (Wildman–Crippen MR) is 88.4 cm³/mol. The Kier molecular flexibility index (Phi) is 5.43. The topological polar surface area (TPSA) is 71.0 Å². The van der Waals surface area contributed by atoms with Crippen LogP contribution in [0, 0.1) is 0 Å². The smallest absolute Gasteiger partial charge is 0.238 e. The molecule has 1 heterocycles. The van der Waals surface area contributed by atoms with Crippen LogP contribution in [-0.2, 0) is 9.59 Å². The zero-order valence-corrected chi connectivity index (χ0v) is 13.6. The maximum atomic E-state index is 12.3. The molecule has 2 amide bonds. The number of anilines is 1. The molecule has 1 aromatic carbocycles. The third-order valence-corrected chi connectivity index (χ3v) is 4.52. The maximum absolute atomic E-state index is 12.3. The van der Waals surface area contributed by atoms with Crippen molar-refractivity contribution in [3.8, 4) is 5.75 Å². The zero-order chi connectivity index (χ0) is 16.1. The summed E-state index contributed by atoms with van der Waals surface area (Å²) < 4.78 is 5.35. The molecule has 0 saturated carbocycles. The minimum absolute atomic E-state index is 0.105. The Morgan fingerprint density at radius 2 is 2.14 bits per heavy atom. The number of carbonyl (C=O) groups excluding carboxylic acids is 2. The van der Waals surface area contributed by atoms with Gasteiger partial charge in [0.15, 0.2) is 5.17 Å². The van der Waals surface area contributed by atoms with Crippen molar-refractivity contribution in [2.45, 2.75) is 18.6 Å². The number of nitrogens with zero attached hydrogens (tertiary/aromatic N) is 2. The van der Waals surface area contributed by atoms with Crippen LogP contribution in [0.25, 0.3) is 0 Å². The standard InChI is InChI=1S/C15H19N3O3S/c1-4-21-11-7-5-10(6-8-11)17-14(20)12-9-13(19)18(3)15(16-2)22-12/h5-8,12H,4,9H2,1-3H3,(H,17,20)/t12-/m1/s1. The summed E-state index contributed by atoms with van der Waals surface area (Å²) in [6.07, 6.45) is 0.170. The molecule has 22 heavy (non-hydrogen) atoms. The average molecular weight is 321 g/mol. The summed E-state index contributed by atoms with van der Waals surface area (Å²) in [4.78, 5) is 29.7. The molecule has 0 aromatic heterocycles. The number of thioether (sulfide) groups is 1. The second kappa shape index (κ2) is 7.31. The number of hydrogen-bond acceptors (Lipinski definition) is 5. The van der Waals surface area contributed by atoms with Crippen molar-refractivity contribution in [1.82, 2.24) is 4.90 Å². The Bertz CT molecular complexity index is 586. The highest BCUT2D eigenvalue weighted by Gasteiger charge is 2.33. The third kappa shape index (κ3) is 3.79. The molecule has 1 aliphatic heterocycles. The molecular formula is C15H19N3O3S. The largest absolute Gasteiger partial charge is 0.494 e. The van der Waals surface area contributed by atoms with Gasteiger partial charge in [0, 0.05) is 26.2 Å². The van der Waals surface area contributed by atoms with Crippen molar-refractivity contribution in [1.29, 1.82) is 0 Å². The molecule has 0 spiro atoms. The van der Waals surface area contributed by atoms with E-state index in [2.05, 4.69) is 10.3 Å². The molecule has 1 atom stereocenters. The van der Waals surface area contributed by atoms with Gasteiger partial charge < -0.3 is 10.1 Å². The summed E-state index contributed by atoms with van der Waals surface area (Å²) in [5.74, 6) is 0.452. The fourth-order valence-corrected chi connectivity index (χ4v) is 3.03. The van der Waals surface area contributed by atoms with Gasteiger partial charge >= 0.3 is 0 Å². The van der Waals surface area contributed by atoms with Crippen LogP contribution in [0.4, 0.5) is 5.69 Å². The molecular weight excluding hydrogens is 302 g/mol. The van der Waals surface area contributed by atoms with Crippen molar-refractivity contribution >= 4 is 34.4 Å². The maximum Gasteiger partial charge on any atom is 0.238 e. The number of carbonyl (C=O) groups is 2. The van der Waals surface area contributed by atoms with Gasteiger partial charge in [-0.2, -0.15) is 0 Å². The molecule has 2 rings (SSSR count). The minimum Gasteiger partial charge on any atom is -0.494 e. The average Bonchev–Trinajstić information content (AvgIpc) is 2.52. The number of rotatable bonds is 4. The molecule has 0 bridgehead atoms. The number of benzene rings is 1. The lowest BCUT2D eigenvalue weighted by Gasteiger charge is -2.28. The van der Waals surface area contributed by atoms with Gasteiger partial charge in [-0.1, -0.05) is 11.8 Å². The van der Waals surface area contributed by atoms with E-state index in [-0.39, 0.29) is 18.2 Å². The predicted octanol–water partition coefficient (Wildman–Crippen LogP) is 1.97. The Balaban J connectivity index is 2.01. The van der Waals surface area contributed by atoms with E-state index in [9.17, 15) is 9.59 Å². The highest BCUT2D eigenvalue weighted by molar-refractivity contribution is 8.15. The lowest BCUT2D eigenvalue weighted by molar-refractivity contribution is -0.128. The first-order valence-electron chi connectivity index (χ1n) is 6.99. The van der Waals surface area contributed by atoms with Crippen LogP contribution in [0.5, 0.6) is 5.75 Å². The molecule has 7 heteroatoms. The zero-order valence-electron chi connectivity index (χ0n) is 12.8. The Morgan fingerprint density at radius 1 is 1.45 bits per heavy atom. The molecule has 118 valence electrons.